The summed E-state index contributed by atoms with van der Waals surface area (Å²) in [7, 11) is 1.70. The Hall–Kier alpha value is -1.89. The minimum absolute atomic E-state index is 0.0211. The van der Waals surface area contributed by atoms with Gasteiger partial charge in [0.05, 0.1) is 12.1 Å². The van der Waals surface area contributed by atoms with Gasteiger partial charge in [-0.1, -0.05) is 66.9 Å². The van der Waals surface area contributed by atoms with E-state index in [-0.39, 0.29) is 35.4 Å². The number of piperidine rings is 1. The highest BCUT2D eigenvalue weighted by Gasteiger charge is 2.40. The molecule has 1 heterocycles. The van der Waals surface area contributed by atoms with Gasteiger partial charge in [0.15, 0.2) is 0 Å². The molecule has 7 nitrogen and oxygen atoms in total. The second kappa shape index (κ2) is 13.3. The number of amides is 2. The first-order chi connectivity index (χ1) is 15.7. The monoisotopic (exact) mass is 479 g/mol. The number of carboxylic acid groups (broad SMARTS) is 1. The number of carbonyl (C=O) groups is 3. The molecule has 0 bridgehead atoms. The average Bonchev–Trinajstić information content (AvgIpc) is 2.76. The summed E-state index contributed by atoms with van der Waals surface area (Å²) in [4.78, 5) is 42.5. The van der Waals surface area contributed by atoms with E-state index >= 15 is 0 Å². The van der Waals surface area contributed by atoms with Crippen molar-refractivity contribution in [3.8, 4) is 0 Å². The van der Waals surface area contributed by atoms with Gasteiger partial charge in [0.2, 0.25) is 11.8 Å². The number of nitrogens with one attached hydrogen (secondary N) is 1. The fourth-order valence-corrected chi connectivity index (χ4v) is 4.74. The topological polar surface area (TPSA) is 90.0 Å². The van der Waals surface area contributed by atoms with E-state index in [0.29, 0.717) is 6.04 Å². The molecule has 0 radical (unpaired) electrons. The molecule has 4 atom stereocenters. The Morgan fingerprint density at radius 3 is 2.29 bits per heavy atom. The molecule has 0 aromatic heterocycles. The first-order valence-electron chi connectivity index (χ1n) is 13.0. The summed E-state index contributed by atoms with van der Waals surface area (Å²) in [5, 5.41) is 12.4. The van der Waals surface area contributed by atoms with Crippen molar-refractivity contribution in [1.82, 2.24) is 15.1 Å². The lowest BCUT2D eigenvalue weighted by molar-refractivity contribution is -0.142. The van der Waals surface area contributed by atoms with Gasteiger partial charge in [-0.25, -0.2) is 4.79 Å². The highest BCUT2D eigenvalue weighted by Crippen LogP contribution is 2.26. The van der Waals surface area contributed by atoms with Gasteiger partial charge in [0.1, 0.15) is 6.04 Å². The molecule has 1 saturated heterocycles. The Kier molecular flexibility index (Phi) is 11.8. The minimum atomic E-state index is -0.998. The fraction of sp³-hybridized carbons (Fsp3) is 0.815. The maximum atomic E-state index is 13.7. The molecule has 1 aliphatic heterocycles. The van der Waals surface area contributed by atoms with E-state index in [1.165, 1.54) is 6.92 Å². The molecule has 1 aliphatic rings. The molecule has 7 heteroatoms. The van der Waals surface area contributed by atoms with Crippen LogP contribution in [0.3, 0.4) is 0 Å². The van der Waals surface area contributed by atoms with Crippen LogP contribution < -0.4 is 5.32 Å². The van der Waals surface area contributed by atoms with Crippen LogP contribution in [0.2, 0.25) is 0 Å². The maximum absolute atomic E-state index is 13.7. The second-order valence-electron chi connectivity index (χ2n) is 11.4. The first kappa shape index (κ1) is 30.1. The lowest BCUT2D eigenvalue weighted by Crippen LogP contribution is -2.60. The highest BCUT2D eigenvalue weighted by molar-refractivity contribution is 5.91. The molecule has 0 aliphatic carbocycles. The molecular weight excluding hydrogens is 430 g/mol. The van der Waals surface area contributed by atoms with Crippen molar-refractivity contribution in [1.29, 1.82) is 0 Å². The zero-order valence-electron chi connectivity index (χ0n) is 23.0. The predicted molar refractivity (Wildman–Crippen MR) is 138 cm³/mol. The van der Waals surface area contributed by atoms with Crippen LogP contribution in [0.15, 0.2) is 11.6 Å². The number of nitrogens with zero attached hydrogens (tertiary/aromatic N) is 2. The molecule has 0 aromatic carbocycles. The number of carboxylic acids is 1. The zero-order chi connectivity index (χ0) is 26.2. The van der Waals surface area contributed by atoms with Crippen molar-refractivity contribution >= 4 is 17.8 Å². The van der Waals surface area contributed by atoms with Gasteiger partial charge in [-0.05, 0) is 51.0 Å². The standard InChI is InChI=1S/C27H49N3O4/c1-10-11-14-20(5)30-16-13-12-15-21(30)24(31)28-23(27(6,7)8)25(32)29(9)22(18(2)3)17-19(4)26(33)34/h17-18,20-23H,10-16H2,1-9H3,(H,28,31)(H,33,34)/t20?,21?,22-,23-/m1/s1. The highest BCUT2D eigenvalue weighted by atomic mass is 16.4. The summed E-state index contributed by atoms with van der Waals surface area (Å²) in [5.74, 6) is -1.26. The lowest BCUT2D eigenvalue weighted by atomic mass is 9.84. The number of likely N-dealkylation sites (N-methyl/N-ethyl adjacent to an activating group) is 1. The normalized spacial score (nSPS) is 20.5. The second-order valence-corrected chi connectivity index (χ2v) is 11.4. The number of likely N-dealkylation sites (tertiary alicyclic amines) is 1. The van der Waals surface area contributed by atoms with E-state index in [0.717, 1.165) is 45.1 Å². The number of unbranched alkanes of at least 4 members (excludes halogenated alkanes) is 1. The smallest absolute Gasteiger partial charge is 0.331 e. The summed E-state index contributed by atoms with van der Waals surface area (Å²) >= 11 is 0. The Morgan fingerprint density at radius 1 is 1.18 bits per heavy atom. The van der Waals surface area contributed by atoms with Crippen molar-refractivity contribution in [2.45, 2.75) is 118 Å². The van der Waals surface area contributed by atoms with Crippen molar-refractivity contribution in [2.24, 2.45) is 11.3 Å². The maximum Gasteiger partial charge on any atom is 0.331 e. The third-order valence-corrected chi connectivity index (χ3v) is 7.02. The van der Waals surface area contributed by atoms with Crippen LogP contribution in [0, 0.1) is 11.3 Å². The van der Waals surface area contributed by atoms with Gasteiger partial charge < -0.3 is 15.3 Å². The number of aliphatic carboxylic acids is 1. The molecule has 2 unspecified atom stereocenters. The van der Waals surface area contributed by atoms with E-state index < -0.39 is 17.4 Å². The summed E-state index contributed by atoms with van der Waals surface area (Å²) in [6, 6.07) is -0.986. The van der Waals surface area contributed by atoms with Gasteiger partial charge in [-0.2, -0.15) is 0 Å². The molecule has 0 aromatic rings. The number of hydrogen-bond acceptors (Lipinski definition) is 4. The molecule has 0 saturated carbocycles. The Morgan fingerprint density at radius 2 is 1.79 bits per heavy atom. The van der Waals surface area contributed by atoms with Gasteiger partial charge in [-0.15, -0.1) is 0 Å². The quantitative estimate of drug-likeness (QED) is 0.427. The van der Waals surface area contributed by atoms with Crippen LogP contribution in [0.5, 0.6) is 0 Å². The van der Waals surface area contributed by atoms with Crippen molar-refractivity contribution < 1.29 is 19.5 Å². The van der Waals surface area contributed by atoms with E-state index in [1.54, 1.807) is 18.0 Å². The van der Waals surface area contributed by atoms with E-state index in [4.69, 9.17) is 0 Å². The third-order valence-electron chi connectivity index (χ3n) is 7.02. The van der Waals surface area contributed by atoms with Gasteiger partial charge in [0.25, 0.3) is 0 Å². The molecule has 2 amide bonds. The lowest BCUT2D eigenvalue weighted by Gasteiger charge is -2.41. The van der Waals surface area contributed by atoms with Crippen molar-refractivity contribution in [2.75, 3.05) is 13.6 Å². The first-order valence-corrected chi connectivity index (χ1v) is 13.0. The Labute approximate surface area is 207 Å². The molecule has 1 rings (SSSR count). The van der Waals surface area contributed by atoms with E-state index in [9.17, 15) is 19.5 Å². The van der Waals surface area contributed by atoms with Crippen LogP contribution in [0.4, 0.5) is 0 Å². The van der Waals surface area contributed by atoms with Crippen LogP contribution >= 0.6 is 0 Å². The zero-order valence-corrected chi connectivity index (χ0v) is 23.0. The fourth-order valence-electron chi connectivity index (χ4n) is 4.74. The Bertz CT molecular complexity index is 726. The molecular formula is C27H49N3O4. The Balaban J connectivity index is 3.14. The van der Waals surface area contributed by atoms with Crippen molar-refractivity contribution in [3.05, 3.63) is 11.6 Å². The number of carbonyl (C=O) groups excluding carboxylic acids is 2. The number of rotatable bonds is 11. The summed E-state index contributed by atoms with van der Waals surface area (Å²) in [6.07, 6.45) is 7.88. The third kappa shape index (κ3) is 8.40. The minimum Gasteiger partial charge on any atom is -0.478 e. The van der Waals surface area contributed by atoms with Crippen LogP contribution in [0.25, 0.3) is 0 Å². The van der Waals surface area contributed by atoms with E-state index in [2.05, 4.69) is 24.1 Å². The van der Waals surface area contributed by atoms with Gasteiger partial charge in [0, 0.05) is 18.7 Å². The molecule has 2 N–H and O–H groups in total. The summed E-state index contributed by atoms with van der Waals surface area (Å²) in [6.45, 7) is 16.6. The summed E-state index contributed by atoms with van der Waals surface area (Å²) in [5.41, 5.74) is -0.296. The predicted octanol–water partition coefficient (Wildman–Crippen LogP) is 4.46. The molecule has 34 heavy (non-hydrogen) atoms. The van der Waals surface area contributed by atoms with Crippen LogP contribution in [-0.2, 0) is 14.4 Å². The molecule has 196 valence electrons. The van der Waals surface area contributed by atoms with Crippen LogP contribution in [0.1, 0.15) is 93.9 Å². The van der Waals surface area contributed by atoms with Gasteiger partial charge >= 0.3 is 5.97 Å². The van der Waals surface area contributed by atoms with Crippen LogP contribution in [-0.4, -0.2) is 70.4 Å². The van der Waals surface area contributed by atoms with Gasteiger partial charge in [-0.3, -0.25) is 14.5 Å². The SMILES string of the molecule is CCCCC(C)N1CCCCC1C(=O)N[C@H](C(=O)N(C)[C@H](C=C(C)C(=O)O)C(C)C)C(C)(C)C. The summed E-state index contributed by atoms with van der Waals surface area (Å²) < 4.78 is 0. The van der Waals surface area contributed by atoms with Crippen molar-refractivity contribution in [3.63, 3.8) is 0 Å². The largest absolute Gasteiger partial charge is 0.478 e. The average molecular weight is 480 g/mol. The molecule has 1 fully saturated rings. The van der Waals surface area contributed by atoms with E-state index in [1.807, 2.05) is 34.6 Å². The molecule has 0 spiro atoms. The number of hydrogen-bond donors (Lipinski definition) is 2.